The first-order valence-electron chi connectivity index (χ1n) is 22.6. The molecule has 0 saturated heterocycles. The molecule has 0 aromatic carbocycles. The van der Waals surface area contributed by atoms with Gasteiger partial charge in [0, 0.05) is 19.3 Å². The van der Waals surface area contributed by atoms with E-state index in [2.05, 4.69) is 69.4 Å². The molecule has 6 nitrogen and oxygen atoms in total. The van der Waals surface area contributed by atoms with Crippen molar-refractivity contribution in [2.75, 3.05) is 13.2 Å². The Morgan fingerprint density at radius 1 is 0.389 bits per heavy atom. The predicted octanol–water partition coefficient (Wildman–Crippen LogP) is 14.4. The van der Waals surface area contributed by atoms with Crippen LogP contribution in [0.15, 0.2) is 48.6 Å². The highest BCUT2D eigenvalue weighted by atomic mass is 16.6. The molecule has 0 fully saturated rings. The van der Waals surface area contributed by atoms with Gasteiger partial charge in [-0.2, -0.15) is 0 Å². The van der Waals surface area contributed by atoms with Crippen LogP contribution in [-0.4, -0.2) is 37.2 Å². The molecule has 0 amide bonds. The number of carbonyl (C=O) groups is 3. The van der Waals surface area contributed by atoms with Gasteiger partial charge in [-0.15, -0.1) is 0 Å². The highest BCUT2D eigenvalue weighted by Crippen LogP contribution is 2.15. The van der Waals surface area contributed by atoms with E-state index in [9.17, 15) is 14.4 Å². The Labute approximate surface area is 333 Å². The van der Waals surface area contributed by atoms with Crippen LogP contribution in [0.3, 0.4) is 0 Å². The summed E-state index contributed by atoms with van der Waals surface area (Å²) in [5.74, 6) is -0.936. The second-order valence-electron chi connectivity index (χ2n) is 14.9. The zero-order valence-electron chi connectivity index (χ0n) is 35.5. The van der Waals surface area contributed by atoms with E-state index in [-0.39, 0.29) is 31.1 Å². The third kappa shape index (κ3) is 40.6. The Kier molecular flexibility index (Phi) is 41.0. The van der Waals surface area contributed by atoms with Gasteiger partial charge in [-0.1, -0.05) is 191 Å². The summed E-state index contributed by atoms with van der Waals surface area (Å²) < 4.78 is 16.6. The first-order valence-corrected chi connectivity index (χ1v) is 22.6. The van der Waals surface area contributed by atoms with Crippen LogP contribution in [0.2, 0.25) is 0 Å². The lowest BCUT2D eigenvalue weighted by Gasteiger charge is -2.18. The van der Waals surface area contributed by atoms with Gasteiger partial charge in [0.05, 0.1) is 0 Å². The molecule has 0 radical (unpaired) electrons. The van der Waals surface area contributed by atoms with Crippen LogP contribution in [0.4, 0.5) is 0 Å². The first-order chi connectivity index (χ1) is 26.5. The summed E-state index contributed by atoms with van der Waals surface area (Å²) in [6.45, 7) is 6.42. The molecule has 0 aliphatic heterocycles. The topological polar surface area (TPSA) is 78.9 Å². The fourth-order valence-electron chi connectivity index (χ4n) is 6.20. The van der Waals surface area contributed by atoms with Gasteiger partial charge in [0.1, 0.15) is 13.2 Å². The van der Waals surface area contributed by atoms with Crippen molar-refractivity contribution in [2.24, 2.45) is 0 Å². The minimum absolute atomic E-state index is 0.0849. The van der Waals surface area contributed by atoms with E-state index in [4.69, 9.17) is 14.2 Å². The average Bonchev–Trinajstić information content (AvgIpc) is 3.17. The molecule has 0 aliphatic carbocycles. The summed E-state index contributed by atoms with van der Waals surface area (Å²) in [6, 6.07) is 0. The number of allylic oxidation sites excluding steroid dienone is 8. The minimum atomic E-state index is -0.782. The first kappa shape index (κ1) is 51.4. The lowest BCUT2D eigenvalue weighted by molar-refractivity contribution is -0.167. The molecule has 0 aromatic rings. The van der Waals surface area contributed by atoms with Gasteiger partial charge in [0.25, 0.3) is 0 Å². The van der Waals surface area contributed by atoms with Gasteiger partial charge in [0.2, 0.25) is 0 Å². The van der Waals surface area contributed by atoms with Crippen molar-refractivity contribution in [2.45, 2.75) is 226 Å². The van der Waals surface area contributed by atoms with Gasteiger partial charge in [-0.3, -0.25) is 14.4 Å². The molecule has 0 aromatic heterocycles. The van der Waals surface area contributed by atoms with Gasteiger partial charge < -0.3 is 14.2 Å². The second-order valence-corrected chi connectivity index (χ2v) is 14.9. The van der Waals surface area contributed by atoms with Crippen LogP contribution in [0, 0.1) is 0 Å². The SMILES string of the molecule is CC/C=C\C/C=C\C/C=C\C/C=C\CCCCC(=O)OCC(COC(=O)CCCCCCCC)OC(=O)CCCCCCCCCCCCCCCCC. The number of carbonyl (C=O) groups excluding carboxylic acids is 3. The molecule has 0 bridgehead atoms. The van der Waals surface area contributed by atoms with E-state index < -0.39 is 6.10 Å². The molecular formula is C48H84O6. The van der Waals surface area contributed by atoms with Crippen LogP contribution < -0.4 is 0 Å². The van der Waals surface area contributed by atoms with Crippen molar-refractivity contribution in [1.82, 2.24) is 0 Å². The number of esters is 3. The predicted molar refractivity (Wildman–Crippen MR) is 229 cm³/mol. The fourth-order valence-corrected chi connectivity index (χ4v) is 6.20. The number of hydrogen-bond acceptors (Lipinski definition) is 6. The van der Waals surface area contributed by atoms with Crippen LogP contribution in [0.25, 0.3) is 0 Å². The van der Waals surface area contributed by atoms with Crippen LogP contribution in [0.1, 0.15) is 220 Å². The maximum Gasteiger partial charge on any atom is 0.306 e. The van der Waals surface area contributed by atoms with E-state index in [1.165, 1.54) is 96.3 Å². The summed E-state index contributed by atoms with van der Waals surface area (Å²) in [6.07, 6.45) is 49.7. The van der Waals surface area contributed by atoms with Crippen molar-refractivity contribution in [3.63, 3.8) is 0 Å². The molecule has 0 rings (SSSR count). The number of ether oxygens (including phenoxy) is 3. The van der Waals surface area contributed by atoms with Crippen molar-refractivity contribution in [3.05, 3.63) is 48.6 Å². The standard InChI is InChI=1S/C48H84O6/c1-4-7-10-13-16-18-20-22-24-26-28-30-32-35-38-41-47(50)53-44-45(43-52-46(49)40-37-34-15-12-9-6-3)54-48(51)42-39-36-33-31-29-27-25-23-21-19-17-14-11-8-5-2/h7,10,16,18,22,24,28,30,45H,4-6,8-9,11-15,17,19-21,23,25-27,29,31-44H2,1-3H3/b10-7-,18-16-,24-22-,30-28-. The number of hydrogen-bond donors (Lipinski definition) is 0. The summed E-state index contributed by atoms with van der Waals surface area (Å²) in [5, 5.41) is 0. The van der Waals surface area contributed by atoms with Gasteiger partial charge in [-0.25, -0.2) is 0 Å². The van der Waals surface area contributed by atoms with E-state index >= 15 is 0 Å². The van der Waals surface area contributed by atoms with Crippen LogP contribution in [0.5, 0.6) is 0 Å². The van der Waals surface area contributed by atoms with Crippen LogP contribution in [-0.2, 0) is 28.6 Å². The zero-order valence-corrected chi connectivity index (χ0v) is 35.5. The maximum absolute atomic E-state index is 12.7. The normalized spacial score (nSPS) is 12.4. The molecule has 1 atom stereocenters. The molecule has 312 valence electrons. The highest BCUT2D eigenvalue weighted by Gasteiger charge is 2.19. The molecule has 0 spiro atoms. The van der Waals surface area contributed by atoms with Gasteiger partial charge in [0.15, 0.2) is 6.10 Å². The quantitative estimate of drug-likeness (QED) is 0.0268. The molecular weight excluding hydrogens is 673 g/mol. The Morgan fingerprint density at radius 3 is 1.13 bits per heavy atom. The lowest BCUT2D eigenvalue weighted by Crippen LogP contribution is -2.30. The van der Waals surface area contributed by atoms with E-state index in [1.807, 2.05) is 0 Å². The summed E-state index contributed by atoms with van der Waals surface area (Å²) in [4.78, 5) is 37.5. The molecule has 6 heteroatoms. The second kappa shape index (κ2) is 43.1. The summed E-state index contributed by atoms with van der Waals surface area (Å²) >= 11 is 0. The maximum atomic E-state index is 12.7. The molecule has 1 unspecified atom stereocenters. The monoisotopic (exact) mass is 757 g/mol. The highest BCUT2D eigenvalue weighted by molar-refractivity contribution is 5.71. The number of rotatable bonds is 40. The Balaban J connectivity index is 4.33. The third-order valence-corrected chi connectivity index (χ3v) is 9.60. The lowest BCUT2D eigenvalue weighted by atomic mass is 10.0. The summed E-state index contributed by atoms with van der Waals surface area (Å²) in [5.41, 5.74) is 0. The Bertz CT molecular complexity index is 964. The van der Waals surface area contributed by atoms with Gasteiger partial charge in [-0.05, 0) is 57.8 Å². The Hall–Kier alpha value is -2.63. The molecule has 0 heterocycles. The van der Waals surface area contributed by atoms with Crippen molar-refractivity contribution in [1.29, 1.82) is 0 Å². The Morgan fingerprint density at radius 2 is 0.722 bits per heavy atom. The fraction of sp³-hybridized carbons (Fsp3) is 0.771. The van der Waals surface area contributed by atoms with Crippen molar-refractivity contribution < 1.29 is 28.6 Å². The van der Waals surface area contributed by atoms with Gasteiger partial charge >= 0.3 is 17.9 Å². The molecule has 54 heavy (non-hydrogen) atoms. The molecule has 0 aliphatic rings. The summed E-state index contributed by atoms with van der Waals surface area (Å²) in [7, 11) is 0. The molecule has 0 saturated carbocycles. The van der Waals surface area contributed by atoms with E-state index in [0.717, 1.165) is 83.5 Å². The largest absolute Gasteiger partial charge is 0.462 e. The van der Waals surface area contributed by atoms with E-state index in [1.54, 1.807) is 0 Å². The number of unbranched alkanes of at least 4 members (excludes halogenated alkanes) is 21. The molecule has 0 N–H and O–H groups in total. The van der Waals surface area contributed by atoms with Crippen molar-refractivity contribution >= 4 is 17.9 Å². The third-order valence-electron chi connectivity index (χ3n) is 9.60. The average molecular weight is 757 g/mol. The zero-order chi connectivity index (χ0) is 39.4. The smallest absolute Gasteiger partial charge is 0.306 e. The minimum Gasteiger partial charge on any atom is -0.462 e. The van der Waals surface area contributed by atoms with Crippen LogP contribution >= 0.6 is 0 Å². The van der Waals surface area contributed by atoms with E-state index in [0.29, 0.717) is 19.3 Å². The van der Waals surface area contributed by atoms with Crippen molar-refractivity contribution in [3.8, 4) is 0 Å².